The lowest BCUT2D eigenvalue weighted by molar-refractivity contribution is 0.442. The normalized spacial score (nSPS) is 11.9. The van der Waals surface area contributed by atoms with Gasteiger partial charge in [0.05, 0.1) is 5.69 Å². The molecule has 9 heteroatoms. The van der Waals surface area contributed by atoms with E-state index in [-0.39, 0.29) is 5.89 Å². The summed E-state index contributed by atoms with van der Waals surface area (Å²) >= 11 is 1.07. The summed E-state index contributed by atoms with van der Waals surface area (Å²) in [7, 11) is -3.46. The molecule has 7 nitrogen and oxygen atoms in total. The summed E-state index contributed by atoms with van der Waals surface area (Å²) in [5.41, 5.74) is 0.628. The van der Waals surface area contributed by atoms with E-state index in [9.17, 15) is 8.42 Å². The van der Waals surface area contributed by atoms with E-state index in [1.807, 2.05) is 0 Å². The molecule has 80 valence electrons. The molecule has 0 atom stereocenters. The van der Waals surface area contributed by atoms with Crippen molar-refractivity contribution >= 4 is 21.4 Å². The van der Waals surface area contributed by atoms with Crippen LogP contribution in [0.3, 0.4) is 0 Å². The third-order valence-corrected chi connectivity index (χ3v) is 3.18. The molecule has 0 radical (unpaired) electrons. The van der Waals surface area contributed by atoms with Crippen LogP contribution in [-0.4, -0.2) is 34.5 Å². The van der Waals surface area contributed by atoms with Gasteiger partial charge < -0.3 is 4.42 Å². The quantitative estimate of drug-likeness (QED) is 0.751. The van der Waals surface area contributed by atoms with Gasteiger partial charge in [0.2, 0.25) is 9.84 Å². The molecule has 0 aromatic carbocycles. The molecule has 2 aromatic heterocycles. The number of nitrogens with zero attached hydrogens (tertiary/aromatic N) is 4. The van der Waals surface area contributed by atoms with Crippen molar-refractivity contribution in [3.63, 3.8) is 0 Å². The Morgan fingerprint density at radius 1 is 1.27 bits per heavy atom. The lowest BCUT2D eigenvalue weighted by atomic mass is 10.4. The van der Waals surface area contributed by atoms with Crippen LogP contribution in [-0.2, 0) is 9.84 Å². The molecule has 0 aliphatic heterocycles. The second kappa shape index (κ2) is 3.35. The van der Waals surface area contributed by atoms with E-state index < -0.39 is 15.1 Å². The van der Waals surface area contributed by atoms with Crippen LogP contribution in [0.5, 0.6) is 0 Å². The van der Waals surface area contributed by atoms with Gasteiger partial charge in [-0.1, -0.05) is 9.59 Å². The molecule has 0 unspecified atom stereocenters. The van der Waals surface area contributed by atoms with E-state index in [1.165, 1.54) is 0 Å². The van der Waals surface area contributed by atoms with Crippen molar-refractivity contribution in [2.45, 2.75) is 12.1 Å². The predicted octanol–water partition coefficient (Wildman–Crippen LogP) is 0.300. The number of hydrogen-bond donors (Lipinski definition) is 0. The van der Waals surface area contributed by atoms with Crippen LogP contribution in [0.2, 0.25) is 0 Å². The summed E-state index contributed by atoms with van der Waals surface area (Å²) in [6.07, 6.45) is 1.00. The number of hydrogen-bond acceptors (Lipinski definition) is 8. The van der Waals surface area contributed by atoms with E-state index in [4.69, 9.17) is 4.42 Å². The van der Waals surface area contributed by atoms with Gasteiger partial charge in [-0.25, -0.2) is 8.42 Å². The molecule has 0 bridgehead atoms. The van der Waals surface area contributed by atoms with Gasteiger partial charge >= 0.3 is 5.22 Å². The maximum atomic E-state index is 11.1. The van der Waals surface area contributed by atoms with Crippen LogP contribution in [0, 0.1) is 6.92 Å². The van der Waals surface area contributed by atoms with Gasteiger partial charge in [-0.3, -0.25) is 0 Å². The van der Waals surface area contributed by atoms with Crippen LogP contribution in [0.4, 0.5) is 0 Å². The first-order valence-corrected chi connectivity index (χ1v) is 6.48. The molecule has 0 N–H and O–H groups in total. The number of rotatable bonds is 2. The largest absolute Gasteiger partial charge is 0.407 e. The van der Waals surface area contributed by atoms with Gasteiger partial charge in [-0.2, -0.15) is 0 Å². The molecule has 2 heterocycles. The van der Waals surface area contributed by atoms with Gasteiger partial charge in [0.25, 0.3) is 5.89 Å². The second-order valence-electron chi connectivity index (χ2n) is 2.83. The molecule has 0 fully saturated rings. The molecular weight excluding hydrogens is 240 g/mol. The van der Waals surface area contributed by atoms with Crippen molar-refractivity contribution in [1.82, 2.24) is 19.8 Å². The lowest BCUT2D eigenvalue weighted by Gasteiger charge is -1.87. The lowest BCUT2D eigenvalue weighted by Crippen LogP contribution is -1.96. The van der Waals surface area contributed by atoms with Gasteiger partial charge in [-0.15, -0.1) is 10.2 Å². The monoisotopic (exact) mass is 246 g/mol. The molecule has 0 aliphatic carbocycles. The van der Waals surface area contributed by atoms with Crippen LogP contribution in [0.25, 0.3) is 10.8 Å². The average molecular weight is 246 g/mol. The van der Waals surface area contributed by atoms with Crippen LogP contribution >= 0.6 is 11.5 Å². The Hall–Kier alpha value is -1.35. The highest BCUT2D eigenvalue weighted by Gasteiger charge is 2.19. The molecule has 2 rings (SSSR count). The van der Waals surface area contributed by atoms with E-state index in [2.05, 4.69) is 19.8 Å². The van der Waals surface area contributed by atoms with Gasteiger partial charge in [-0.05, 0) is 18.5 Å². The standard InChI is InChI=1S/C6H6N4O3S2/c1-3-4(14-10-7-3)5-8-9-6(13-5)15(2,11)12/h1-2H3. The molecule has 2 aromatic rings. The Bertz CT molecular complexity index is 585. The van der Waals surface area contributed by atoms with Crippen LogP contribution < -0.4 is 0 Å². The van der Waals surface area contributed by atoms with E-state index in [0.717, 1.165) is 17.8 Å². The number of aromatic nitrogens is 4. The maximum Gasteiger partial charge on any atom is 0.335 e. The molecule has 0 saturated heterocycles. The third kappa shape index (κ3) is 1.88. The Balaban J connectivity index is 2.50. The molecular formula is C6H6N4O3S2. The first kappa shape index (κ1) is 10.2. The Morgan fingerprint density at radius 3 is 2.47 bits per heavy atom. The van der Waals surface area contributed by atoms with Crippen molar-refractivity contribution in [1.29, 1.82) is 0 Å². The summed E-state index contributed by atoms with van der Waals surface area (Å²) in [6, 6.07) is 0. The van der Waals surface area contributed by atoms with Crippen LogP contribution in [0.1, 0.15) is 5.69 Å². The van der Waals surface area contributed by atoms with Crippen molar-refractivity contribution < 1.29 is 12.8 Å². The highest BCUT2D eigenvalue weighted by molar-refractivity contribution is 7.90. The zero-order valence-electron chi connectivity index (χ0n) is 7.83. The Kier molecular flexibility index (Phi) is 2.27. The number of aryl methyl sites for hydroxylation is 1. The van der Waals surface area contributed by atoms with Crippen molar-refractivity contribution in [2.75, 3.05) is 6.26 Å². The zero-order valence-corrected chi connectivity index (χ0v) is 9.46. The van der Waals surface area contributed by atoms with Crippen molar-refractivity contribution in [3.05, 3.63) is 5.69 Å². The van der Waals surface area contributed by atoms with E-state index >= 15 is 0 Å². The smallest absolute Gasteiger partial charge is 0.335 e. The van der Waals surface area contributed by atoms with Gasteiger partial charge in [0.1, 0.15) is 4.88 Å². The molecule has 0 amide bonds. The summed E-state index contributed by atoms with van der Waals surface area (Å²) in [5, 5.41) is 10.4. The molecule has 0 spiro atoms. The molecule has 0 saturated carbocycles. The minimum absolute atomic E-state index is 0.128. The van der Waals surface area contributed by atoms with E-state index in [1.54, 1.807) is 6.92 Å². The summed E-state index contributed by atoms with van der Waals surface area (Å²) in [5.74, 6) is 0.128. The first-order chi connectivity index (χ1) is 6.98. The SMILES string of the molecule is Cc1nnsc1-c1nnc(S(C)(=O)=O)o1. The summed E-state index contributed by atoms with van der Waals surface area (Å²) < 4.78 is 30.8. The van der Waals surface area contributed by atoms with Crippen molar-refractivity contribution in [2.24, 2.45) is 0 Å². The molecule has 0 aliphatic rings. The first-order valence-electron chi connectivity index (χ1n) is 3.81. The fourth-order valence-corrected chi connectivity index (χ4v) is 1.88. The van der Waals surface area contributed by atoms with Crippen molar-refractivity contribution in [3.8, 4) is 10.8 Å². The van der Waals surface area contributed by atoms with Gasteiger partial charge in [0.15, 0.2) is 0 Å². The maximum absolute atomic E-state index is 11.1. The third-order valence-electron chi connectivity index (χ3n) is 1.57. The fourth-order valence-electron chi connectivity index (χ4n) is 0.879. The summed E-state index contributed by atoms with van der Waals surface area (Å²) in [4.78, 5) is 0.581. The highest BCUT2D eigenvalue weighted by Crippen LogP contribution is 2.24. The topological polar surface area (TPSA) is 98.8 Å². The minimum Gasteiger partial charge on any atom is -0.407 e. The number of sulfone groups is 1. The highest BCUT2D eigenvalue weighted by atomic mass is 32.2. The average Bonchev–Trinajstić information content (AvgIpc) is 2.69. The zero-order chi connectivity index (χ0) is 11.1. The second-order valence-corrected chi connectivity index (χ2v) is 5.48. The predicted molar refractivity (Wildman–Crippen MR) is 51.0 cm³/mol. The van der Waals surface area contributed by atoms with Crippen LogP contribution in [0.15, 0.2) is 9.64 Å². The fraction of sp³-hybridized carbons (Fsp3) is 0.333. The Morgan fingerprint density at radius 2 is 2.00 bits per heavy atom. The Labute approximate surface area is 89.2 Å². The van der Waals surface area contributed by atoms with E-state index in [0.29, 0.717) is 10.6 Å². The molecule has 15 heavy (non-hydrogen) atoms. The van der Waals surface area contributed by atoms with Gasteiger partial charge in [0, 0.05) is 6.26 Å². The minimum atomic E-state index is -3.46. The summed E-state index contributed by atoms with van der Waals surface area (Å²) in [6.45, 7) is 1.73.